The lowest BCUT2D eigenvalue weighted by Crippen LogP contribution is -2.39. The Bertz CT molecular complexity index is 792. The summed E-state index contributed by atoms with van der Waals surface area (Å²) in [6.07, 6.45) is 5.20. The zero-order valence-corrected chi connectivity index (χ0v) is 14.9. The molecule has 0 aliphatic carbocycles. The number of benzene rings is 1. The molecular formula is C19H22N4O3. The molecular weight excluding hydrogens is 332 g/mol. The molecule has 7 nitrogen and oxygen atoms in total. The van der Waals surface area contributed by atoms with Gasteiger partial charge in [0.1, 0.15) is 0 Å². The Morgan fingerprint density at radius 3 is 2.65 bits per heavy atom. The summed E-state index contributed by atoms with van der Waals surface area (Å²) in [5.74, 6) is 0.339. The first-order valence-corrected chi connectivity index (χ1v) is 8.64. The minimum atomic E-state index is -0.445. The highest BCUT2D eigenvalue weighted by atomic mass is 16.5. The summed E-state index contributed by atoms with van der Waals surface area (Å²) in [4.78, 5) is 34.7. The molecule has 0 saturated carbocycles. The van der Waals surface area contributed by atoms with Gasteiger partial charge in [-0.1, -0.05) is 19.1 Å². The Labute approximate surface area is 152 Å². The second-order valence-corrected chi connectivity index (χ2v) is 6.46. The molecule has 1 saturated heterocycles. The highest BCUT2D eigenvalue weighted by Gasteiger charge is 2.22. The average molecular weight is 354 g/mol. The van der Waals surface area contributed by atoms with Crippen LogP contribution in [0.3, 0.4) is 0 Å². The number of amides is 1. The predicted octanol–water partition coefficient (Wildman–Crippen LogP) is 2.88. The Balaban J connectivity index is 1.72. The fourth-order valence-corrected chi connectivity index (χ4v) is 3.06. The van der Waals surface area contributed by atoms with Crippen LogP contribution < -0.4 is 5.32 Å². The molecule has 1 aliphatic heterocycles. The van der Waals surface area contributed by atoms with Crippen molar-refractivity contribution in [3.05, 3.63) is 47.8 Å². The normalized spacial score (nSPS) is 16.8. The summed E-state index contributed by atoms with van der Waals surface area (Å²) < 4.78 is 4.77. The van der Waals surface area contributed by atoms with Crippen LogP contribution in [-0.2, 0) is 4.74 Å². The van der Waals surface area contributed by atoms with E-state index in [1.165, 1.54) is 19.5 Å². The summed E-state index contributed by atoms with van der Waals surface area (Å²) in [5, 5.41) is 2.99. The maximum Gasteiger partial charge on any atom is 0.339 e. The topological polar surface area (TPSA) is 84.4 Å². The first-order chi connectivity index (χ1) is 12.6. The van der Waals surface area contributed by atoms with Crippen molar-refractivity contribution in [2.45, 2.75) is 19.8 Å². The van der Waals surface area contributed by atoms with Gasteiger partial charge >= 0.3 is 5.97 Å². The molecule has 1 aromatic carbocycles. The van der Waals surface area contributed by atoms with Crippen molar-refractivity contribution < 1.29 is 14.3 Å². The molecule has 1 aliphatic rings. The molecule has 1 unspecified atom stereocenters. The predicted molar refractivity (Wildman–Crippen MR) is 97.4 cm³/mol. The van der Waals surface area contributed by atoms with Crippen molar-refractivity contribution >= 4 is 23.5 Å². The van der Waals surface area contributed by atoms with Gasteiger partial charge in [0.2, 0.25) is 5.95 Å². The molecule has 0 bridgehead atoms. The number of piperidine rings is 1. The number of para-hydroxylation sites is 1. The molecule has 1 fully saturated rings. The summed E-state index contributed by atoms with van der Waals surface area (Å²) in [6.45, 7) is 3.70. The van der Waals surface area contributed by atoms with Crippen LogP contribution in [0.1, 0.15) is 40.5 Å². The van der Waals surface area contributed by atoms with Crippen molar-refractivity contribution in [2.75, 3.05) is 25.5 Å². The average Bonchev–Trinajstić information content (AvgIpc) is 2.68. The maximum absolute atomic E-state index is 12.6. The number of nitrogens with zero attached hydrogens (tertiary/aromatic N) is 3. The SMILES string of the molecule is COC(=O)c1ccccc1Nc1ncc(C(=O)N2CCCC(C)C2)cn1. The van der Waals surface area contributed by atoms with Crippen LogP contribution in [0, 0.1) is 5.92 Å². The number of anilines is 2. The molecule has 1 N–H and O–H groups in total. The van der Waals surface area contributed by atoms with Crippen LogP contribution in [0.15, 0.2) is 36.7 Å². The van der Waals surface area contributed by atoms with Gasteiger partial charge < -0.3 is 15.0 Å². The Morgan fingerprint density at radius 1 is 1.23 bits per heavy atom. The molecule has 0 spiro atoms. The number of carbonyl (C=O) groups is 2. The highest BCUT2D eigenvalue weighted by molar-refractivity contribution is 5.96. The quantitative estimate of drug-likeness (QED) is 0.850. The summed E-state index contributed by atoms with van der Waals surface area (Å²) in [7, 11) is 1.33. The fraction of sp³-hybridized carbons (Fsp3) is 0.368. The first-order valence-electron chi connectivity index (χ1n) is 8.64. The number of methoxy groups -OCH3 is 1. The van der Waals surface area contributed by atoms with E-state index in [9.17, 15) is 9.59 Å². The van der Waals surface area contributed by atoms with Gasteiger partial charge in [-0.15, -0.1) is 0 Å². The molecule has 1 aromatic heterocycles. The number of hydrogen-bond acceptors (Lipinski definition) is 6. The monoisotopic (exact) mass is 354 g/mol. The van der Waals surface area contributed by atoms with Crippen molar-refractivity contribution in [1.82, 2.24) is 14.9 Å². The highest BCUT2D eigenvalue weighted by Crippen LogP contribution is 2.20. The third-order valence-electron chi connectivity index (χ3n) is 4.42. The summed E-state index contributed by atoms with van der Waals surface area (Å²) >= 11 is 0. The van der Waals surface area contributed by atoms with E-state index < -0.39 is 5.97 Å². The zero-order chi connectivity index (χ0) is 18.5. The van der Waals surface area contributed by atoms with Gasteiger partial charge in [0.05, 0.1) is 23.9 Å². The molecule has 7 heteroatoms. The van der Waals surface area contributed by atoms with Gasteiger partial charge in [0.25, 0.3) is 5.91 Å². The second-order valence-electron chi connectivity index (χ2n) is 6.46. The molecule has 3 rings (SSSR count). The lowest BCUT2D eigenvalue weighted by Gasteiger charge is -2.30. The number of likely N-dealkylation sites (tertiary alicyclic amines) is 1. The standard InChI is InChI=1S/C19H22N4O3/c1-13-6-5-9-23(12-13)17(24)14-10-20-19(21-11-14)22-16-8-4-3-7-15(16)18(25)26-2/h3-4,7-8,10-11,13H,5-6,9,12H2,1-2H3,(H,20,21,22). The molecule has 0 radical (unpaired) electrons. The fourth-order valence-electron chi connectivity index (χ4n) is 3.06. The third kappa shape index (κ3) is 3.99. The lowest BCUT2D eigenvalue weighted by molar-refractivity contribution is 0.0601. The van der Waals surface area contributed by atoms with Gasteiger partial charge in [0, 0.05) is 25.5 Å². The minimum absolute atomic E-state index is 0.0435. The molecule has 2 aromatic rings. The van der Waals surface area contributed by atoms with E-state index in [0.717, 1.165) is 25.9 Å². The zero-order valence-electron chi connectivity index (χ0n) is 14.9. The molecule has 1 atom stereocenters. The minimum Gasteiger partial charge on any atom is -0.465 e. The van der Waals surface area contributed by atoms with Crippen molar-refractivity contribution in [1.29, 1.82) is 0 Å². The summed E-state index contributed by atoms with van der Waals surface area (Å²) in [5.41, 5.74) is 1.40. The van der Waals surface area contributed by atoms with E-state index in [1.54, 1.807) is 24.3 Å². The van der Waals surface area contributed by atoms with Crippen LogP contribution >= 0.6 is 0 Å². The van der Waals surface area contributed by atoms with Crippen molar-refractivity contribution in [3.8, 4) is 0 Å². The van der Waals surface area contributed by atoms with E-state index in [4.69, 9.17) is 4.74 Å². The lowest BCUT2D eigenvalue weighted by atomic mass is 10.00. The number of nitrogens with one attached hydrogen (secondary N) is 1. The van der Waals surface area contributed by atoms with Crippen LogP contribution in [0.25, 0.3) is 0 Å². The van der Waals surface area contributed by atoms with Crippen LogP contribution in [0.2, 0.25) is 0 Å². The Hall–Kier alpha value is -2.96. The molecule has 2 heterocycles. The van der Waals surface area contributed by atoms with Crippen molar-refractivity contribution in [3.63, 3.8) is 0 Å². The van der Waals surface area contributed by atoms with E-state index >= 15 is 0 Å². The number of ether oxygens (including phenoxy) is 1. The number of rotatable bonds is 4. The van der Waals surface area contributed by atoms with E-state index in [0.29, 0.717) is 28.7 Å². The molecule has 136 valence electrons. The van der Waals surface area contributed by atoms with Gasteiger partial charge in [-0.05, 0) is 30.9 Å². The van der Waals surface area contributed by atoms with Gasteiger partial charge in [-0.25, -0.2) is 14.8 Å². The van der Waals surface area contributed by atoms with Crippen LogP contribution in [0.5, 0.6) is 0 Å². The first kappa shape index (κ1) is 17.8. The Kier molecular flexibility index (Phi) is 5.46. The van der Waals surface area contributed by atoms with Crippen molar-refractivity contribution in [2.24, 2.45) is 5.92 Å². The largest absolute Gasteiger partial charge is 0.465 e. The number of hydrogen-bond donors (Lipinski definition) is 1. The van der Waals surface area contributed by atoms with Crippen LogP contribution in [-0.4, -0.2) is 46.9 Å². The smallest absolute Gasteiger partial charge is 0.339 e. The van der Waals surface area contributed by atoms with E-state index in [1.807, 2.05) is 4.90 Å². The van der Waals surface area contributed by atoms with Gasteiger partial charge in [0.15, 0.2) is 0 Å². The molecule has 1 amide bonds. The van der Waals surface area contributed by atoms with Gasteiger partial charge in [-0.3, -0.25) is 4.79 Å². The third-order valence-corrected chi connectivity index (χ3v) is 4.42. The number of esters is 1. The van der Waals surface area contributed by atoms with Gasteiger partial charge in [-0.2, -0.15) is 0 Å². The summed E-state index contributed by atoms with van der Waals surface area (Å²) in [6, 6.07) is 6.94. The van der Waals surface area contributed by atoms with E-state index in [-0.39, 0.29) is 5.91 Å². The second kappa shape index (κ2) is 7.95. The van der Waals surface area contributed by atoms with E-state index in [2.05, 4.69) is 22.2 Å². The Morgan fingerprint density at radius 2 is 1.96 bits per heavy atom. The molecule has 26 heavy (non-hydrogen) atoms. The number of carbonyl (C=O) groups excluding carboxylic acids is 2. The maximum atomic E-state index is 12.6. The van der Waals surface area contributed by atoms with Crippen LogP contribution in [0.4, 0.5) is 11.6 Å². The number of aromatic nitrogens is 2.